The number of carbonyl (C=O) groups excluding carboxylic acids is 5. The van der Waals surface area contributed by atoms with Crippen molar-refractivity contribution in [2.75, 3.05) is 6.54 Å². The van der Waals surface area contributed by atoms with Gasteiger partial charge in [-0.1, -0.05) is 53.7 Å². The third kappa shape index (κ3) is 11.8. The van der Waals surface area contributed by atoms with Crippen LogP contribution in [0.5, 0.6) is 0 Å². The molecule has 6 rings (SSSR count). The van der Waals surface area contributed by atoms with E-state index in [1.54, 1.807) is 27.7 Å². The molecule has 65 heavy (non-hydrogen) atoms. The maximum absolute atomic E-state index is 14.4. The van der Waals surface area contributed by atoms with E-state index in [1.807, 2.05) is 6.92 Å². The summed E-state index contributed by atoms with van der Waals surface area (Å²) in [6.45, 7) is 13.3. The van der Waals surface area contributed by atoms with Gasteiger partial charge in [-0.25, -0.2) is 0 Å². The number of carbonyl (C=O) groups is 7. The van der Waals surface area contributed by atoms with E-state index in [9.17, 15) is 51.8 Å². The van der Waals surface area contributed by atoms with Crippen LogP contribution < -0.4 is 27.0 Å². The number of alkyl halides is 3. The Morgan fingerprint density at radius 3 is 2.06 bits per heavy atom. The Morgan fingerprint density at radius 1 is 0.862 bits per heavy atom. The van der Waals surface area contributed by atoms with Crippen LogP contribution in [-0.2, 0) is 55.5 Å². The molecule has 5 aliphatic rings. The Balaban J connectivity index is 1.30. The molecule has 0 radical (unpaired) electrons. The number of likely N-dealkylation sites (tertiary alicyclic amines) is 1. The number of carboxylic acid groups (broad SMARTS) is 2. The number of aryl methyl sites for hydroxylation is 1. The van der Waals surface area contributed by atoms with E-state index < -0.39 is 133 Å². The molecule has 2 heterocycles. The molecule has 2 bridgehead atoms. The van der Waals surface area contributed by atoms with Crippen LogP contribution in [0.3, 0.4) is 0 Å². The van der Waals surface area contributed by atoms with Crippen molar-refractivity contribution in [3.8, 4) is 0 Å². The van der Waals surface area contributed by atoms with Gasteiger partial charge in [-0.15, -0.1) is 0 Å². The van der Waals surface area contributed by atoms with E-state index in [2.05, 4.69) is 35.1 Å². The molecule has 5 amide bonds. The molecule has 2 aliphatic heterocycles. The lowest BCUT2D eigenvalue weighted by molar-refractivity contribution is -0.199. The molecular formula is C44H64BF3N6O11. The van der Waals surface area contributed by atoms with Crippen molar-refractivity contribution < 1.29 is 66.3 Å². The van der Waals surface area contributed by atoms with Gasteiger partial charge in [0.1, 0.15) is 24.2 Å². The molecule has 0 aromatic heterocycles. The molecule has 3 aliphatic carbocycles. The first-order chi connectivity index (χ1) is 30.2. The summed E-state index contributed by atoms with van der Waals surface area (Å²) in [5, 5.41) is 28.9. The summed E-state index contributed by atoms with van der Waals surface area (Å²) in [6.07, 6.45) is -3.33. The smallest absolute Gasteiger partial charge is 0.481 e. The Bertz CT molecular complexity index is 1950. The van der Waals surface area contributed by atoms with Gasteiger partial charge in [-0.2, -0.15) is 13.2 Å². The van der Waals surface area contributed by atoms with Gasteiger partial charge < -0.3 is 51.4 Å². The number of halogens is 3. The summed E-state index contributed by atoms with van der Waals surface area (Å²) in [6, 6.07) is -1.61. The molecule has 0 spiro atoms. The lowest BCUT2D eigenvalue weighted by atomic mass is 9.43. The first-order valence-corrected chi connectivity index (χ1v) is 22.4. The average molecular weight is 921 g/mol. The SMILES string of the molecule is CC(C)[C@H](NC(=O)[C@H](CCC(=O)O)NC(=O)[C@@H](N)CC(=O)O)C(=O)N[C@H](C(=O)N1CCC[C@H]1C(=O)N[C@@H](CCc1ccc(C(F)(F)F)cc1)B1O[C@@H]2C[C@@H]3C[C@@H](C3(C)C)[C@]2(C)O1)C(C)C. The number of benzene rings is 1. The van der Waals surface area contributed by atoms with Crippen molar-refractivity contribution in [3.63, 3.8) is 0 Å². The number of nitrogens with two attached hydrogens (primary N) is 1. The molecule has 360 valence electrons. The van der Waals surface area contributed by atoms with Crippen molar-refractivity contribution in [2.45, 2.75) is 160 Å². The standard InChI is InChI=1S/C44H64BF3N6O11/c1-22(2)35(52-38(60)28(15-17-33(55)56)50-37(59)27(49)21-34(57)58)40(62)53-36(23(3)4)41(63)54-18-8-9-29(54)39(61)51-32(16-12-24-10-13-25(14-11-24)44(46,47)48)45-64-31-20-26-19-30(42(26,5)6)43(31,7)65-45/h10-11,13-14,22-23,26-32,35-36H,8-9,12,15-21,49H2,1-7H3,(H,50,59)(H,51,61)(H,52,60)(H,53,62)(H,55,56)(H,57,58)/t26-,27-,28-,29-,30-,31+,32-,35-,36-,43-/m0/s1. The number of nitrogens with zero attached hydrogens (tertiary/aromatic N) is 1. The zero-order chi connectivity index (χ0) is 48.3. The Kier molecular flexibility index (Phi) is 16.1. The summed E-state index contributed by atoms with van der Waals surface area (Å²) >= 11 is 0. The average Bonchev–Trinajstić information content (AvgIpc) is 3.85. The number of amides is 5. The summed E-state index contributed by atoms with van der Waals surface area (Å²) < 4.78 is 53.3. The lowest BCUT2D eigenvalue weighted by Crippen LogP contribution is -2.65. The van der Waals surface area contributed by atoms with Crippen LogP contribution in [0.4, 0.5) is 13.2 Å². The van der Waals surface area contributed by atoms with Gasteiger partial charge in [-0.05, 0) is 98.7 Å². The minimum atomic E-state index is -4.49. The first-order valence-electron chi connectivity index (χ1n) is 22.4. The number of aliphatic carboxylic acids is 2. The molecule has 10 atom stereocenters. The van der Waals surface area contributed by atoms with Crippen LogP contribution in [0.2, 0.25) is 0 Å². The predicted octanol–water partition coefficient (Wildman–Crippen LogP) is 2.81. The molecule has 21 heteroatoms. The third-order valence-electron chi connectivity index (χ3n) is 14.0. The van der Waals surface area contributed by atoms with E-state index >= 15 is 0 Å². The fraction of sp³-hybridized carbons (Fsp3) is 0.705. The monoisotopic (exact) mass is 920 g/mol. The second-order valence-electron chi connectivity index (χ2n) is 19.5. The number of hydrogen-bond acceptors (Lipinski definition) is 10. The molecule has 3 saturated carbocycles. The van der Waals surface area contributed by atoms with Crippen molar-refractivity contribution in [1.82, 2.24) is 26.2 Å². The normalized spacial score (nSPS) is 25.7. The fourth-order valence-corrected chi connectivity index (χ4v) is 9.93. The van der Waals surface area contributed by atoms with Crippen LogP contribution in [0.15, 0.2) is 24.3 Å². The summed E-state index contributed by atoms with van der Waals surface area (Å²) in [7, 11) is -0.867. The molecule has 0 unspecified atom stereocenters. The van der Waals surface area contributed by atoms with E-state index in [-0.39, 0.29) is 30.4 Å². The van der Waals surface area contributed by atoms with Crippen molar-refractivity contribution in [2.24, 2.45) is 34.8 Å². The van der Waals surface area contributed by atoms with Gasteiger partial charge in [0, 0.05) is 13.0 Å². The Labute approximate surface area is 377 Å². The van der Waals surface area contributed by atoms with Gasteiger partial charge >= 0.3 is 25.2 Å². The van der Waals surface area contributed by atoms with Gasteiger partial charge in [0.25, 0.3) is 0 Å². The quantitative estimate of drug-likeness (QED) is 0.0933. The van der Waals surface area contributed by atoms with Crippen molar-refractivity contribution in [3.05, 3.63) is 35.4 Å². The second-order valence-corrected chi connectivity index (χ2v) is 19.5. The Morgan fingerprint density at radius 2 is 1.49 bits per heavy atom. The maximum Gasteiger partial charge on any atom is 0.481 e. The lowest BCUT2D eigenvalue weighted by Gasteiger charge is -2.64. The van der Waals surface area contributed by atoms with E-state index in [4.69, 9.17) is 20.1 Å². The molecule has 2 saturated heterocycles. The zero-order valence-corrected chi connectivity index (χ0v) is 38.0. The largest absolute Gasteiger partial charge is 0.481 e. The first kappa shape index (κ1) is 51.2. The fourth-order valence-electron chi connectivity index (χ4n) is 9.93. The molecular weight excluding hydrogens is 856 g/mol. The summed E-state index contributed by atoms with van der Waals surface area (Å²) in [4.78, 5) is 92.7. The minimum Gasteiger partial charge on any atom is -0.481 e. The maximum atomic E-state index is 14.4. The highest BCUT2D eigenvalue weighted by molar-refractivity contribution is 6.48. The predicted molar refractivity (Wildman–Crippen MR) is 229 cm³/mol. The zero-order valence-electron chi connectivity index (χ0n) is 38.0. The van der Waals surface area contributed by atoms with Gasteiger partial charge in [0.2, 0.25) is 29.5 Å². The highest BCUT2D eigenvalue weighted by atomic mass is 19.4. The summed E-state index contributed by atoms with van der Waals surface area (Å²) in [5.74, 6) is -7.54. The van der Waals surface area contributed by atoms with Gasteiger partial charge in [0.15, 0.2) is 0 Å². The third-order valence-corrected chi connectivity index (χ3v) is 14.0. The summed E-state index contributed by atoms with van der Waals surface area (Å²) in [5.41, 5.74) is 4.91. The molecule has 1 aromatic rings. The van der Waals surface area contributed by atoms with Crippen LogP contribution >= 0.6 is 0 Å². The van der Waals surface area contributed by atoms with Gasteiger partial charge in [0.05, 0.1) is 35.7 Å². The van der Waals surface area contributed by atoms with Crippen molar-refractivity contribution in [1.29, 1.82) is 0 Å². The molecule has 5 fully saturated rings. The number of rotatable bonds is 20. The second kappa shape index (κ2) is 20.4. The minimum absolute atomic E-state index is 0.0392. The van der Waals surface area contributed by atoms with E-state index in [1.165, 1.54) is 17.0 Å². The van der Waals surface area contributed by atoms with Gasteiger partial charge in [-0.3, -0.25) is 33.6 Å². The number of carboxylic acids is 2. The van der Waals surface area contributed by atoms with Crippen LogP contribution in [0.1, 0.15) is 111 Å². The van der Waals surface area contributed by atoms with Crippen molar-refractivity contribution >= 4 is 48.6 Å². The van der Waals surface area contributed by atoms with Crippen LogP contribution in [-0.4, -0.2) is 118 Å². The van der Waals surface area contributed by atoms with Crippen LogP contribution in [0.25, 0.3) is 0 Å². The molecule has 8 N–H and O–H groups in total. The highest BCUT2D eigenvalue weighted by Crippen LogP contribution is 2.65. The van der Waals surface area contributed by atoms with Crippen LogP contribution in [0, 0.1) is 29.1 Å². The topological polar surface area (TPSA) is 256 Å². The highest BCUT2D eigenvalue weighted by Gasteiger charge is 2.68. The molecule has 1 aromatic carbocycles. The molecule has 17 nitrogen and oxygen atoms in total. The number of hydrogen-bond donors (Lipinski definition) is 7. The number of nitrogens with one attached hydrogen (secondary N) is 4. The van der Waals surface area contributed by atoms with E-state index in [0.717, 1.165) is 25.0 Å². The Hall–Kier alpha value is -4.76. The van der Waals surface area contributed by atoms with E-state index in [0.29, 0.717) is 30.7 Å².